The average Bonchev–Trinajstić information content (AvgIpc) is 3.14. The summed E-state index contributed by atoms with van der Waals surface area (Å²) in [5.74, 6) is -0.915. The minimum absolute atomic E-state index is 0.119. The second kappa shape index (κ2) is 8.13. The Morgan fingerprint density at radius 1 is 1.18 bits per heavy atom. The third kappa shape index (κ3) is 4.68. The molecule has 28 heavy (non-hydrogen) atoms. The van der Waals surface area contributed by atoms with Crippen molar-refractivity contribution >= 4 is 46.5 Å². The van der Waals surface area contributed by atoms with Gasteiger partial charge in [0.1, 0.15) is 18.1 Å². The number of nitrogens with one attached hydrogen (secondary N) is 1. The molecule has 1 saturated heterocycles. The molecule has 1 fully saturated rings. The molecule has 0 radical (unpaired) electrons. The van der Waals surface area contributed by atoms with Gasteiger partial charge in [0, 0.05) is 11.8 Å². The lowest BCUT2D eigenvalue weighted by atomic mass is 10.1. The van der Waals surface area contributed by atoms with Gasteiger partial charge in [0.15, 0.2) is 0 Å². The molecule has 1 aromatic heterocycles. The number of carbonyl (C=O) groups is 4. The molecular formula is C19H16N2O6S. The average molecular weight is 400 g/mol. The van der Waals surface area contributed by atoms with Gasteiger partial charge in [0.05, 0.1) is 11.3 Å². The molecule has 2 heterocycles. The van der Waals surface area contributed by atoms with Crippen molar-refractivity contribution in [1.82, 2.24) is 4.90 Å². The zero-order valence-electron chi connectivity index (χ0n) is 14.8. The van der Waals surface area contributed by atoms with E-state index in [-0.39, 0.29) is 11.3 Å². The van der Waals surface area contributed by atoms with E-state index in [0.717, 1.165) is 16.7 Å². The van der Waals surface area contributed by atoms with Crippen molar-refractivity contribution in [2.45, 2.75) is 13.3 Å². The first-order valence-electron chi connectivity index (χ1n) is 8.24. The Balaban J connectivity index is 1.62. The third-order valence-corrected chi connectivity index (χ3v) is 4.71. The minimum atomic E-state index is -0.950. The quantitative estimate of drug-likeness (QED) is 0.716. The summed E-state index contributed by atoms with van der Waals surface area (Å²) in [5, 5.41) is 10.8. The summed E-state index contributed by atoms with van der Waals surface area (Å²) < 4.78 is 5.37. The first kappa shape index (κ1) is 19.4. The fourth-order valence-electron chi connectivity index (χ4n) is 2.52. The summed E-state index contributed by atoms with van der Waals surface area (Å²) in [6, 6.07) is 9.71. The molecule has 9 heteroatoms. The van der Waals surface area contributed by atoms with Gasteiger partial charge in [-0.25, -0.2) is 0 Å². The van der Waals surface area contributed by atoms with Crippen LogP contribution in [0.1, 0.15) is 17.1 Å². The van der Waals surface area contributed by atoms with Crippen LogP contribution in [-0.4, -0.2) is 39.6 Å². The maximum Gasteiger partial charge on any atom is 0.307 e. The largest absolute Gasteiger partial charge is 0.481 e. The first-order chi connectivity index (χ1) is 13.3. The Morgan fingerprint density at radius 2 is 1.89 bits per heavy atom. The topological polar surface area (TPSA) is 117 Å². The van der Waals surface area contributed by atoms with Gasteiger partial charge in [-0.3, -0.25) is 24.1 Å². The van der Waals surface area contributed by atoms with Crippen molar-refractivity contribution < 1.29 is 28.7 Å². The number of imide groups is 1. The van der Waals surface area contributed by atoms with Gasteiger partial charge in [-0.1, -0.05) is 12.1 Å². The summed E-state index contributed by atoms with van der Waals surface area (Å²) in [4.78, 5) is 48.4. The zero-order chi connectivity index (χ0) is 20.3. The van der Waals surface area contributed by atoms with E-state index < -0.39 is 29.6 Å². The molecule has 0 saturated carbocycles. The molecule has 0 unspecified atom stereocenters. The third-order valence-electron chi connectivity index (χ3n) is 3.80. The number of hydrogen-bond donors (Lipinski definition) is 2. The van der Waals surface area contributed by atoms with Gasteiger partial charge < -0.3 is 14.8 Å². The standard InChI is InChI=1S/C19H16N2O6S/c1-11-2-7-14(27-11)9-15-18(25)21(19(26)28-15)10-16(22)20-13-5-3-12(4-6-13)8-17(23)24/h2-7,9H,8,10H2,1H3,(H,20,22)(H,23,24)/b15-9-. The number of carbonyl (C=O) groups excluding carboxylic acids is 3. The number of anilines is 1. The smallest absolute Gasteiger partial charge is 0.307 e. The number of carboxylic acid groups (broad SMARTS) is 1. The fourth-order valence-corrected chi connectivity index (χ4v) is 3.34. The minimum Gasteiger partial charge on any atom is -0.481 e. The number of amides is 3. The number of benzene rings is 1. The van der Waals surface area contributed by atoms with Gasteiger partial charge in [-0.15, -0.1) is 0 Å². The maximum absolute atomic E-state index is 12.4. The number of aliphatic carboxylic acids is 1. The predicted molar refractivity (Wildman–Crippen MR) is 103 cm³/mol. The maximum atomic E-state index is 12.4. The van der Waals surface area contributed by atoms with Gasteiger partial charge in [-0.2, -0.15) is 0 Å². The van der Waals surface area contributed by atoms with Crippen LogP contribution in [-0.2, 0) is 20.8 Å². The van der Waals surface area contributed by atoms with Gasteiger partial charge >= 0.3 is 5.97 Å². The number of hydrogen-bond acceptors (Lipinski definition) is 6. The van der Waals surface area contributed by atoms with Crippen LogP contribution in [0, 0.1) is 6.92 Å². The van der Waals surface area contributed by atoms with Crippen LogP contribution in [0.2, 0.25) is 0 Å². The molecule has 144 valence electrons. The highest BCUT2D eigenvalue weighted by Gasteiger charge is 2.36. The van der Waals surface area contributed by atoms with E-state index in [2.05, 4.69) is 5.32 Å². The Bertz CT molecular complexity index is 977. The summed E-state index contributed by atoms with van der Waals surface area (Å²) in [5.41, 5.74) is 1.03. The van der Waals surface area contributed by atoms with Crippen LogP contribution in [0.15, 0.2) is 45.7 Å². The monoisotopic (exact) mass is 400 g/mol. The highest BCUT2D eigenvalue weighted by Crippen LogP contribution is 2.32. The lowest BCUT2D eigenvalue weighted by Crippen LogP contribution is -2.36. The Kier molecular flexibility index (Phi) is 5.65. The van der Waals surface area contributed by atoms with Gasteiger partial charge in [0.25, 0.3) is 11.1 Å². The summed E-state index contributed by atoms with van der Waals surface area (Å²) in [7, 11) is 0. The van der Waals surface area contributed by atoms with Crippen LogP contribution >= 0.6 is 11.8 Å². The molecule has 0 spiro atoms. The number of furan rings is 1. The van der Waals surface area contributed by atoms with Crippen molar-refractivity contribution in [3.63, 3.8) is 0 Å². The molecule has 2 N–H and O–H groups in total. The molecule has 0 aliphatic carbocycles. The number of nitrogens with zero attached hydrogens (tertiary/aromatic N) is 1. The zero-order valence-corrected chi connectivity index (χ0v) is 15.6. The molecule has 3 amide bonds. The highest BCUT2D eigenvalue weighted by atomic mass is 32.2. The Labute approximate surface area is 164 Å². The van der Waals surface area contributed by atoms with Crippen molar-refractivity contribution in [1.29, 1.82) is 0 Å². The molecule has 1 aromatic carbocycles. The van der Waals surface area contributed by atoms with Crippen LogP contribution < -0.4 is 5.32 Å². The summed E-state index contributed by atoms with van der Waals surface area (Å²) in [6.45, 7) is 1.34. The molecule has 8 nitrogen and oxygen atoms in total. The molecule has 0 atom stereocenters. The second-order valence-electron chi connectivity index (χ2n) is 6.03. The van der Waals surface area contributed by atoms with E-state index in [1.165, 1.54) is 6.08 Å². The molecule has 1 aliphatic heterocycles. The Hall–Kier alpha value is -3.33. The van der Waals surface area contributed by atoms with Crippen molar-refractivity contribution in [3.8, 4) is 0 Å². The van der Waals surface area contributed by atoms with Crippen LogP contribution in [0.25, 0.3) is 6.08 Å². The van der Waals surface area contributed by atoms with Crippen molar-refractivity contribution in [2.75, 3.05) is 11.9 Å². The number of carboxylic acids is 1. The molecule has 1 aliphatic rings. The van der Waals surface area contributed by atoms with E-state index in [1.54, 1.807) is 43.3 Å². The fraction of sp³-hybridized carbons (Fsp3) is 0.158. The number of thioether (sulfide) groups is 1. The van der Waals surface area contributed by atoms with Crippen LogP contribution in [0.5, 0.6) is 0 Å². The summed E-state index contributed by atoms with van der Waals surface area (Å²) in [6.07, 6.45) is 1.35. The first-order valence-corrected chi connectivity index (χ1v) is 9.06. The van der Waals surface area contributed by atoms with E-state index in [9.17, 15) is 19.2 Å². The number of rotatable bonds is 6. The lowest BCUT2D eigenvalue weighted by Gasteiger charge is -2.12. The van der Waals surface area contributed by atoms with E-state index in [0.29, 0.717) is 22.8 Å². The van der Waals surface area contributed by atoms with Crippen molar-refractivity contribution in [3.05, 3.63) is 58.4 Å². The number of aryl methyl sites for hydroxylation is 1. The SMILES string of the molecule is Cc1ccc(/C=C2\SC(=O)N(CC(=O)Nc3ccc(CC(=O)O)cc3)C2=O)o1. The van der Waals surface area contributed by atoms with Crippen LogP contribution in [0.4, 0.5) is 10.5 Å². The normalized spacial score (nSPS) is 15.3. The van der Waals surface area contributed by atoms with E-state index >= 15 is 0 Å². The van der Waals surface area contributed by atoms with E-state index in [1.807, 2.05) is 0 Å². The van der Waals surface area contributed by atoms with Gasteiger partial charge in [0.2, 0.25) is 5.91 Å². The predicted octanol–water partition coefficient (Wildman–Crippen LogP) is 2.89. The van der Waals surface area contributed by atoms with E-state index in [4.69, 9.17) is 9.52 Å². The van der Waals surface area contributed by atoms with Gasteiger partial charge in [-0.05, 0) is 48.5 Å². The Morgan fingerprint density at radius 3 is 2.50 bits per heavy atom. The molecule has 3 rings (SSSR count). The lowest BCUT2D eigenvalue weighted by molar-refractivity contribution is -0.136. The molecule has 2 aromatic rings. The second-order valence-corrected chi connectivity index (χ2v) is 7.03. The van der Waals surface area contributed by atoms with Crippen molar-refractivity contribution in [2.24, 2.45) is 0 Å². The molecular weight excluding hydrogens is 384 g/mol. The highest BCUT2D eigenvalue weighted by molar-refractivity contribution is 8.18. The summed E-state index contributed by atoms with van der Waals surface area (Å²) >= 11 is 0.745. The van der Waals surface area contributed by atoms with Crippen LogP contribution in [0.3, 0.4) is 0 Å². The molecule has 0 bridgehead atoms.